The lowest BCUT2D eigenvalue weighted by Crippen LogP contribution is -2.29. The molecule has 0 saturated heterocycles. The number of halogens is 2. The molecule has 0 spiro atoms. The molecular formula is C27H27F2N3O3. The van der Waals surface area contributed by atoms with Crippen molar-refractivity contribution in [3.63, 3.8) is 0 Å². The van der Waals surface area contributed by atoms with E-state index in [1.807, 2.05) is 0 Å². The first-order valence-electron chi connectivity index (χ1n) is 12.0. The van der Waals surface area contributed by atoms with Crippen LogP contribution >= 0.6 is 0 Å². The first-order valence-corrected chi connectivity index (χ1v) is 12.0. The summed E-state index contributed by atoms with van der Waals surface area (Å²) in [5, 5.41) is 7.06. The fraction of sp³-hybridized carbons (Fsp3) is 0.370. The summed E-state index contributed by atoms with van der Waals surface area (Å²) < 4.78 is 37.0. The van der Waals surface area contributed by atoms with Crippen molar-refractivity contribution in [2.75, 3.05) is 11.9 Å². The molecule has 0 atom stereocenters. The fourth-order valence-electron chi connectivity index (χ4n) is 4.66. The number of hydrogen-bond donors (Lipinski definition) is 1. The molecule has 2 aromatic carbocycles. The maximum Gasteiger partial charge on any atom is 0.338 e. The third-order valence-electron chi connectivity index (χ3n) is 7.01. The highest BCUT2D eigenvalue weighted by atomic mass is 19.1. The Hall–Kier alpha value is -3.55. The summed E-state index contributed by atoms with van der Waals surface area (Å²) in [6, 6.07) is 7.68. The number of rotatable bonds is 7. The van der Waals surface area contributed by atoms with Gasteiger partial charge in [-0.05, 0) is 69.7 Å². The van der Waals surface area contributed by atoms with Crippen LogP contribution in [0, 0.1) is 18.6 Å². The van der Waals surface area contributed by atoms with Crippen molar-refractivity contribution in [2.45, 2.75) is 57.4 Å². The summed E-state index contributed by atoms with van der Waals surface area (Å²) in [4.78, 5) is 26.0. The normalized spacial score (nSPS) is 16.5. The predicted octanol–water partition coefficient (Wildman–Crippen LogP) is 5.71. The van der Waals surface area contributed by atoms with Gasteiger partial charge >= 0.3 is 5.97 Å². The van der Waals surface area contributed by atoms with Gasteiger partial charge in [0.05, 0.1) is 29.8 Å². The number of carbonyl (C=O) groups excluding carboxylic acids is 2. The van der Waals surface area contributed by atoms with Crippen molar-refractivity contribution in [3.8, 4) is 11.1 Å². The molecule has 8 heteroatoms. The number of ether oxygens (including phenoxy) is 1. The van der Waals surface area contributed by atoms with Crippen molar-refractivity contribution in [1.29, 1.82) is 0 Å². The smallest absolute Gasteiger partial charge is 0.338 e. The van der Waals surface area contributed by atoms with Crippen LogP contribution in [0.1, 0.15) is 66.6 Å². The zero-order valence-electron chi connectivity index (χ0n) is 19.7. The van der Waals surface area contributed by atoms with Crippen LogP contribution in [-0.2, 0) is 14.9 Å². The molecule has 2 fully saturated rings. The molecule has 5 rings (SSSR count). The summed E-state index contributed by atoms with van der Waals surface area (Å²) >= 11 is 0. The van der Waals surface area contributed by atoms with Crippen molar-refractivity contribution >= 4 is 17.6 Å². The third-order valence-corrected chi connectivity index (χ3v) is 7.01. The van der Waals surface area contributed by atoms with E-state index in [2.05, 4.69) is 10.4 Å². The quantitative estimate of drug-likeness (QED) is 0.441. The van der Waals surface area contributed by atoms with E-state index in [9.17, 15) is 14.0 Å². The maximum atomic E-state index is 15.4. The first-order chi connectivity index (χ1) is 16.8. The number of nitrogens with one attached hydrogen (secondary N) is 1. The Morgan fingerprint density at radius 2 is 1.94 bits per heavy atom. The number of aryl methyl sites for hydroxylation is 1. The van der Waals surface area contributed by atoms with E-state index < -0.39 is 28.9 Å². The standard InChI is InChI=1S/C27H27F2N3O3/c1-3-35-25(33)20-12-18(13-23(29)24(20)17-14-30-32(15-17)19-5-4-6-19)31-26(34)27(9-10-27)21-8-7-16(2)11-22(21)28/h7-8,11-15,19H,3-6,9-10H2,1-2H3,(H,31,34). The molecule has 35 heavy (non-hydrogen) atoms. The number of esters is 1. The second-order valence-corrected chi connectivity index (χ2v) is 9.41. The fourth-order valence-corrected chi connectivity index (χ4v) is 4.66. The zero-order chi connectivity index (χ0) is 24.7. The number of benzene rings is 2. The monoisotopic (exact) mass is 479 g/mol. The minimum Gasteiger partial charge on any atom is -0.462 e. The molecule has 2 aliphatic carbocycles. The van der Waals surface area contributed by atoms with Gasteiger partial charge in [-0.25, -0.2) is 13.6 Å². The van der Waals surface area contributed by atoms with Gasteiger partial charge in [0.25, 0.3) is 0 Å². The van der Waals surface area contributed by atoms with Gasteiger partial charge in [-0.15, -0.1) is 0 Å². The number of amides is 1. The Kier molecular flexibility index (Phi) is 5.91. The Morgan fingerprint density at radius 1 is 1.17 bits per heavy atom. The molecular weight excluding hydrogens is 452 g/mol. The average molecular weight is 480 g/mol. The summed E-state index contributed by atoms with van der Waals surface area (Å²) in [5.74, 6) is -2.24. The topological polar surface area (TPSA) is 73.2 Å². The van der Waals surface area contributed by atoms with E-state index >= 15 is 4.39 Å². The molecule has 6 nitrogen and oxygen atoms in total. The number of aromatic nitrogens is 2. The van der Waals surface area contributed by atoms with Gasteiger partial charge in [0.1, 0.15) is 11.6 Å². The second-order valence-electron chi connectivity index (χ2n) is 9.41. The highest BCUT2D eigenvalue weighted by molar-refractivity contribution is 6.04. The van der Waals surface area contributed by atoms with Gasteiger partial charge in [0.15, 0.2) is 0 Å². The second kappa shape index (κ2) is 8.91. The molecule has 182 valence electrons. The lowest BCUT2D eigenvalue weighted by atomic mass is 9.93. The molecule has 2 aliphatic rings. The molecule has 1 heterocycles. The van der Waals surface area contributed by atoms with E-state index in [0.717, 1.165) is 24.8 Å². The molecule has 0 radical (unpaired) electrons. The summed E-state index contributed by atoms with van der Waals surface area (Å²) in [6.07, 6.45) is 7.42. The molecule has 0 unspecified atom stereocenters. The Labute approximate surface area is 202 Å². The van der Waals surface area contributed by atoms with E-state index in [-0.39, 0.29) is 29.5 Å². The van der Waals surface area contributed by atoms with Gasteiger partial charge in [-0.2, -0.15) is 5.10 Å². The highest BCUT2D eigenvalue weighted by Crippen LogP contribution is 2.50. The van der Waals surface area contributed by atoms with E-state index in [1.54, 1.807) is 36.9 Å². The van der Waals surface area contributed by atoms with Crippen molar-refractivity contribution < 1.29 is 23.1 Å². The van der Waals surface area contributed by atoms with E-state index in [0.29, 0.717) is 24.0 Å². The lowest BCUT2D eigenvalue weighted by Gasteiger charge is -2.25. The Bertz CT molecular complexity index is 1310. The van der Waals surface area contributed by atoms with Crippen LogP contribution in [-0.4, -0.2) is 28.3 Å². The number of nitrogens with zero attached hydrogens (tertiary/aromatic N) is 2. The predicted molar refractivity (Wildman–Crippen MR) is 127 cm³/mol. The van der Waals surface area contributed by atoms with Gasteiger partial charge in [0, 0.05) is 28.6 Å². The Morgan fingerprint density at radius 3 is 2.57 bits per heavy atom. The van der Waals surface area contributed by atoms with Crippen molar-refractivity contribution in [3.05, 3.63) is 71.1 Å². The van der Waals surface area contributed by atoms with Gasteiger partial charge in [-0.1, -0.05) is 12.1 Å². The van der Waals surface area contributed by atoms with Crippen LogP contribution in [0.4, 0.5) is 14.5 Å². The minimum atomic E-state index is -0.999. The van der Waals surface area contributed by atoms with Crippen molar-refractivity contribution in [2.24, 2.45) is 0 Å². The molecule has 1 aromatic heterocycles. The van der Waals surface area contributed by atoms with Crippen LogP contribution < -0.4 is 5.32 Å². The first kappa shape index (κ1) is 23.2. The SMILES string of the molecule is CCOC(=O)c1cc(NC(=O)C2(c3ccc(C)cc3F)CC2)cc(F)c1-c1cnn(C2CCC2)c1. The van der Waals surface area contributed by atoms with Crippen molar-refractivity contribution in [1.82, 2.24) is 9.78 Å². The van der Waals surface area contributed by atoms with Crippen LogP contribution in [0.15, 0.2) is 42.7 Å². The summed E-state index contributed by atoms with van der Waals surface area (Å²) in [6.45, 7) is 3.57. The number of hydrogen-bond acceptors (Lipinski definition) is 4. The van der Waals surface area contributed by atoms with Gasteiger partial charge in [0.2, 0.25) is 5.91 Å². The minimum absolute atomic E-state index is 0.00155. The summed E-state index contributed by atoms with van der Waals surface area (Å²) in [5.41, 5.74) is 0.757. The van der Waals surface area contributed by atoms with E-state index in [1.165, 1.54) is 24.4 Å². The third kappa shape index (κ3) is 4.22. The van der Waals surface area contributed by atoms with Gasteiger partial charge in [-0.3, -0.25) is 9.48 Å². The molecule has 0 bridgehead atoms. The average Bonchev–Trinajstić information content (AvgIpc) is 3.44. The molecule has 1 N–H and O–H groups in total. The number of carbonyl (C=O) groups is 2. The lowest BCUT2D eigenvalue weighted by molar-refractivity contribution is -0.118. The molecule has 3 aromatic rings. The maximum absolute atomic E-state index is 15.4. The number of anilines is 1. The summed E-state index contributed by atoms with van der Waals surface area (Å²) in [7, 11) is 0. The zero-order valence-corrected chi connectivity index (χ0v) is 19.7. The molecule has 0 aliphatic heterocycles. The van der Waals surface area contributed by atoms with Crippen LogP contribution in [0.25, 0.3) is 11.1 Å². The van der Waals surface area contributed by atoms with Crippen LogP contribution in [0.5, 0.6) is 0 Å². The molecule has 2 saturated carbocycles. The van der Waals surface area contributed by atoms with Crippen LogP contribution in [0.2, 0.25) is 0 Å². The molecule has 1 amide bonds. The van der Waals surface area contributed by atoms with Gasteiger partial charge < -0.3 is 10.1 Å². The Balaban J connectivity index is 1.47. The van der Waals surface area contributed by atoms with E-state index in [4.69, 9.17) is 4.74 Å². The van der Waals surface area contributed by atoms with Crippen LogP contribution in [0.3, 0.4) is 0 Å². The highest BCUT2D eigenvalue weighted by Gasteiger charge is 2.52. The largest absolute Gasteiger partial charge is 0.462 e.